The Balaban J connectivity index is 1.78. The van der Waals surface area contributed by atoms with Gasteiger partial charge in [0, 0.05) is 0 Å². The van der Waals surface area contributed by atoms with Gasteiger partial charge in [-0.25, -0.2) is 0 Å². The van der Waals surface area contributed by atoms with Crippen molar-refractivity contribution in [3.8, 4) is 22.6 Å². The monoisotopic (exact) mass is 606 g/mol. The van der Waals surface area contributed by atoms with E-state index in [1.807, 2.05) is 6.07 Å². The van der Waals surface area contributed by atoms with Crippen LogP contribution in [0.5, 0.6) is 5.75 Å². The first kappa shape index (κ1) is 20.4. The first-order valence-electron chi connectivity index (χ1n) is 8.63. The molecule has 0 N–H and O–H groups in total. The molecule has 4 aromatic rings. The van der Waals surface area contributed by atoms with E-state index in [1.165, 1.54) is 22.8 Å². The van der Waals surface area contributed by atoms with Gasteiger partial charge in [0.25, 0.3) is 0 Å². The van der Waals surface area contributed by atoms with Gasteiger partial charge in [0.2, 0.25) is 0 Å². The van der Waals surface area contributed by atoms with Crippen LogP contribution < -0.4 is 16.1 Å². The standard InChI is InChI=1S/C20H13F3N2O4.Tl/c1-11-8-18(26)25(13-3-5-14(6-4-13)29-20(21,22)23)10-15(11)12-2-7-16-17(9-12)28-19(27)24-16;/h2-10H,1H3,(H,24,27);/q;+1/p-1. The number of pyridine rings is 1. The molecule has 6 nitrogen and oxygen atoms in total. The van der Waals surface area contributed by atoms with Gasteiger partial charge in [0.15, 0.2) is 0 Å². The van der Waals surface area contributed by atoms with Crippen molar-refractivity contribution >= 4 is 37.2 Å². The number of fused-ring (bicyclic) bond motifs is 1. The van der Waals surface area contributed by atoms with Crippen molar-refractivity contribution in [2.45, 2.75) is 13.3 Å². The van der Waals surface area contributed by atoms with Gasteiger partial charge in [0.05, 0.1) is 0 Å². The Morgan fingerprint density at radius 2 is 1.73 bits per heavy atom. The Kier molecular flexibility index (Phi) is 5.08. The van der Waals surface area contributed by atoms with E-state index in [-0.39, 0.29) is 37.4 Å². The maximum absolute atomic E-state index is 12.5. The van der Waals surface area contributed by atoms with Crippen LogP contribution in [0.2, 0.25) is 0 Å². The molecule has 0 amide bonds. The van der Waals surface area contributed by atoms with E-state index in [2.05, 4.69) is 4.74 Å². The Labute approximate surface area is 183 Å². The SMILES string of the molecule is Cc1cc(=O)n(-c2ccc(OC(F)(F)F)cc2)cc1-c1ccc2c(c1)oc(=O)[n]2[Tl]. The molecular formula is C20H12F3N2O4Tl. The predicted octanol–water partition coefficient (Wildman–Crippen LogP) is 3.55. The summed E-state index contributed by atoms with van der Waals surface area (Å²) in [4.78, 5) is 24.3. The molecule has 0 unspecified atom stereocenters. The minimum absolute atomic E-state index is 0.266. The van der Waals surface area contributed by atoms with Gasteiger partial charge < -0.3 is 4.74 Å². The van der Waals surface area contributed by atoms with Crippen LogP contribution in [-0.4, -0.2) is 39.4 Å². The van der Waals surface area contributed by atoms with Crippen molar-refractivity contribution in [1.29, 1.82) is 0 Å². The van der Waals surface area contributed by atoms with Crippen LogP contribution in [0.15, 0.2) is 68.7 Å². The molecule has 2 aromatic carbocycles. The normalized spacial score (nSPS) is 11.7. The summed E-state index contributed by atoms with van der Waals surface area (Å²) in [6.07, 6.45) is -3.18. The fraction of sp³-hybridized carbons (Fsp3) is 0.100. The van der Waals surface area contributed by atoms with Crippen LogP contribution in [0.4, 0.5) is 13.2 Å². The van der Waals surface area contributed by atoms with Crippen LogP contribution in [0.1, 0.15) is 5.56 Å². The number of rotatable bonds is 3. The van der Waals surface area contributed by atoms with E-state index >= 15 is 0 Å². The molecule has 0 aliphatic rings. The van der Waals surface area contributed by atoms with Crippen molar-refractivity contribution in [3.63, 3.8) is 0 Å². The molecule has 150 valence electrons. The van der Waals surface area contributed by atoms with Crippen molar-refractivity contribution in [1.82, 2.24) is 6.94 Å². The molecule has 2 heterocycles. The zero-order chi connectivity index (χ0) is 21.6. The van der Waals surface area contributed by atoms with Crippen molar-refractivity contribution < 1.29 is 22.3 Å². The topological polar surface area (TPSA) is 66.4 Å². The van der Waals surface area contributed by atoms with Gasteiger partial charge in [-0.15, -0.1) is 13.2 Å². The molecule has 0 bridgehead atoms. The van der Waals surface area contributed by atoms with E-state index in [4.69, 9.17) is 4.42 Å². The van der Waals surface area contributed by atoms with Crippen LogP contribution in [0.3, 0.4) is 0 Å². The molecule has 0 radical (unpaired) electrons. The second-order valence-electron chi connectivity index (χ2n) is 6.54. The molecule has 10 heteroatoms. The van der Waals surface area contributed by atoms with Crippen LogP contribution in [0.25, 0.3) is 27.9 Å². The van der Waals surface area contributed by atoms with E-state index < -0.39 is 12.1 Å². The third-order valence-corrected chi connectivity index (χ3v) is 6.43. The quantitative estimate of drug-likeness (QED) is 0.335. The molecule has 0 saturated carbocycles. The van der Waals surface area contributed by atoms with Crippen LogP contribution >= 0.6 is 0 Å². The van der Waals surface area contributed by atoms with Crippen molar-refractivity contribution in [3.05, 3.63) is 81.2 Å². The van der Waals surface area contributed by atoms with Gasteiger partial charge in [0.1, 0.15) is 0 Å². The zero-order valence-corrected chi connectivity index (χ0v) is 19.9. The van der Waals surface area contributed by atoms with Crippen molar-refractivity contribution in [2.75, 3.05) is 0 Å². The van der Waals surface area contributed by atoms with E-state index in [1.54, 1.807) is 27.6 Å². The molecular weight excluding hydrogens is 594 g/mol. The Morgan fingerprint density at radius 3 is 2.40 bits per heavy atom. The molecule has 0 saturated heterocycles. The van der Waals surface area contributed by atoms with E-state index in [9.17, 15) is 22.8 Å². The van der Waals surface area contributed by atoms with Crippen LogP contribution in [0, 0.1) is 6.92 Å². The Bertz CT molecular complexity index is 1370. The molecule has 0 aliphatic carbocycles. The first-order chi connectivity index (χ1) is 14.1. The van der Waals surface area contributed by atoms with Gasteiger partial charge in [-0.3, -0.25) is 0 Å². The second kappa shape index (κ2) is 7.45. The van der Waals surface area contributed by atoms with E-state index in [0.29, 0.717) is 22.4 Å². The molecule has 0 aliphatic heterocycles. The summed E-state index contributed by atoms with van der Waals surface area (Å²) in [5.74, 6) is -0.782. The third kappa shape index (κ3) is 3.93. The zero-order valence-electron chi connectivity index (χ0n) is 15.4. The Morgan fingerprint density at radius 1 is 1.03 bits per heavy atom. The number of aryl methyl sites for hydroxylation is 1. The van der Waals surface area contributed by atoms with Gasteiger partial charge >= 0.3 is 166 Å². The van der Waals surface area contributed by atoms with Gasteiger partial charge in [-0.2, -0.15) is 0 Å². The number of hydrogen-bond donors (Lipinski definition) is 0. The maximum atomic E-state index is 12.5. The van der Waals surface area contributed by atoms with Gasteiger partial charge in [-0.1, -0.05) is 0 Å². The molecule has 0 fully saturated rings. The number of oxazole rings is 1. The number of hydrogen-bond acceptors (Lipinski definition) is 4. The summed E-state index contributed by atoms with van der Waals surface area (Å²) in [6.45, 7) is 1.78. The molecule has 30 heavy (non-hydrogen) atoms. The molecule has 0 atom stereocenters. The number of alkyl halides is 3. The number of aromatic nitrogens is 2. The summed E-state index contributed by atoms with van der Waals surface area (Å²) in [5.41, 5.74) is 3.38. The fourth-order valence-corrected chi connectivity index (χ4v) is 4.18. The number of ether oxygens (including phenoxy) is 1. The predicted molar refractivity (Wildman–Crippen MR) is 104 cm³/mol. The average Bonchev–Trinajstić information content (AvgIpc) is 2.95. The number of nitrogens with zero attached hydrogens (tertiary/aromatic N) is 2. The number of halogens is 3. The van der Waals surface area contributed by atoms with E-state index in [0.717, 1.165) is 23.3 Å². The number of benzene rings is 2. The molecule has 2 aromatic heterocycles. The summed E-state index contributed by atoms with van der Waals surface area (Å²) in [7, 11) is 0. The molecule has 0 spiro atoms. The summed E-state index contributed by atoms with van der Waals surface area (Å²) in [6, 6.07) is 11.8. The third-order valence-electron chi connectivity index (χ3n) is 4.53. The summed E-state index contributed by atoms with van der Waals surface area (Å²) in [5, 5.41) is 0. The summed E-state index contributed by atoms with van der Waals surface area (Å²) >= 11 is 0.266. The van der Waals surface area contributed by atoms with Gasteiger partial charge in [-0.05, 0) is 0 Å². The fourth-order valence-electron chi connectivity index (χ4n) is 3.14. The summed E-state index contributed by atoms with van der Waals surface area (Å²) < 4.78 is 49.1. The minimum atomic E-state index is -4.79. The average molecular weight is 606 g/mol. The Hall–Kier alpha value is -2.83. The molecule has 4 rings (SSSR count). The second-order valence-corrected chi connectivity index (χ2v) is 8.55. The van der Waals surface area contributed by atoms with Crippen LogP contribution in [-0.2, 0) is 0 Å². The van der Waals surface area contributed by atoms with Crippen molar-refractivity contribution in [2.24, 2.45) is 0 Å². The first-order valence-corrected chi connectivity index (χ1v) is 10.6.